The van der Waals surface area contributed by atoms with Gasteiger partial charge >= 0.3 is 18.2 Å². The molecule has 4 aromatic carbocycles. The molecule has 0 saturated heterocycles. The molecule has 0 spiro atoms. The van der Waals surface area contributed by atoms with Crippen LogP contribution < -0.4 is 15.4 Å². The maximum absolute atomic E-state index is 12.2. The first-order valence-corrected chi connectivity index (χ1v) is 22.1. The Bertz CT molecular complexity index is 2210. The maximum Gasteiger partial charge on any atom is 0.407 e. The number of sulfonamides is 1. The monoisotopic (exact) mass is 899 g/mol. The number of benzene rings is 4. The zero-order valence-electron chi connectivity index (χ0n) is 35.6. The second-order valence-electron chi connectivity index (χ2n) is 16.1. The van der Waals surface area contributed by atoms with Crippen LogP contribution in [0.5, 0.6) is 0 Å². The van der Waals surface area contributed by atoms with Crippen LogP contribution in [-0.2, 0) is 46.7 Å². The van der Waals surface area contributed by atoms with Gasteiger partial charge in [-0.2, -0.15) is 0 Å². The fourth-order valence-electron chi connectivity index (χ4n) is 5.75. The number of hydrogen-bond acceptors (Lipinski definition) is 10. The fourth-order valence-corrected chi connectivity index (χ4v) is 6.63. The van der Waals surface area contributed by atoms with Crippen molar-refractivity contribution in [2.45, 2.75) is 97.1 Å². The molecule has 1 unspecified atom stereocenters. The van der Waals surface area contributed by atoms with Crippen molar-refractivity contribution in [3.8, 4) is 22.3 Å². The SMILES string of the molecule is CC(C)(C)OC(=O)N[C@@H](CC(=O)NS(C)(=O)=O)Cc1ccc(-c2cccc(Cl)c2)cc1.CCOC(=O)C(O)[C@@H](Cc1ccc(-c2cccc(Cl)c2)cc1)NC(=O)OC(C)(C)C. The topological polar surface area (TPSA) is 186 Å². The Balaban J connectivity index is 0.000000325. The second kappa shape index (κ2) is 22.6. The highest BCUT2D eigenvalue weighted by Gasteiger charge is 2.31. The third-order valence-corrected chi connectivity index (χ3v) is 9.29. The van der Waals surface area contributed by atoms with Crippen molar-refractivity contribution in [2.24, 2.45) is 0 Å². The van der Waals surface area contributed by atoms with Gasteiger partial charge in [0.1, 0.15) is 11.2 Å². The standard InChI is InChI=1S/C23H28ClNO5.C22H27ClN2O5S/c1-5-29-21(27)20(26)19(25-22(28)30-23(2,3)4)13-15-9-11-16(12-10-15)17-7-6-8-18(24)14-17;1-22(2,3)30-21(27)24-19(14-20(26)25-31(4,28)29)12-15-8-10-16(11-9-15)17-6-5-7-18(23)13-17/h6-12,14,19-20,26H,5,13H2,1-4H3,(H,25,28);5-11,13,19H,12,14H2,1-4H3,(H,24,27)(H,25,26)/t19-,20?;19-/m11/s1. The predicted molar refractivity (Wildman–Crippen MR) is 238 cm³/mol. The van der Waals surface area contributed by atoms with Crippen molar-refractivity contribution >= 4 is 57.3 Å². The first-order valence-electron chi connectivity index (χ1n) is 19.4. The number of halogens is 2. The van der Waals surface area contributed by atoms with E-state index in [0.29, 0.717) is 16.5 Å². The van der Waals surface area contributed by atoms with E-state index in [1.54, 1.807) is 54.5 Å². The summed E-state index contributed by atoms with van der Waals surface area (Å²) in [4.78, 5) is 48.5. The van der Waals surface area contributed by atoms with E-state index in [9.17, 15) is 32.7 Å². The molecule has 0 aliphatic heterocycles. The van der Waals surface area contributed by atoms with Crippen molar-refractivity contribution in [2.75, 3.05) is 12.9 Å². The summed E-state index contributed by atoms with van der Waals surface area (Å²) >= 11 is 12.1. The molecule has 3 amide bonds. The van der Waals surface area contributed by atoms with Crippen LogP contribution in [0.2, 0.25) is 10.0 Å². The van der Waals surface area contributed by atoms with Crippen LogP contribution in [0.3, 0.4) is 0 Å². The van der Waals surface area contributed by atoms with Crippen LogP contribution in [0.4, 0.5) is 9.59 Å². The summed E-state index contributed by atoms with van der Waals surface area (Å²) in [5, 5.41) is 17.0. The lowest BCUT2D eigenvalue weighted by Crippen LogP contribution is -2.50. The van der Waals surface area contributed by atoms with Crippen molar-refractivity contribution in [3.63, 3.8) is 0 Å². The van der Waals surface area contributed by atoms with Gasteiger partial charge in [0.2, 0.25) is 15.9 Å². The summed E-state index contributed by atoms with van der Waals surface area (Å²) in [5.74, 6) is -1.51. The highest BCUT2D eigenvalue weighted by molar-refractivity contribution is 7.89. The Morgan fingerprint density at radius 3 is 1.52 bits per heavy atom. The van der Waals surface area contributed by atoms with Gasteiger partial charge in [0, 0.05) is 22.5 Å². The summed E-state index contributed by atoms with van der Waals surface area (Å²) in [7, 11) is -3.69. The van der Waals surface area contributed by atoms with E-state index in [1.165, 1.54) is 0 Å². The average Bonchev–Trinajstić information content (AvgIpc) is 3.13. The number of rotatable bonds is 14. The molecule has 0 aromatic heterocycles. The van der Waals surface area contributed by atoms with Crippen LogP contribution in [0.15, 0.2) is 97.1 Å². The Kier molecular flexibility index (Phi) is 18.6. The van der Waals surface area contributed by atoms with E-state index >= 15 is 0 Å². The van der Waals surface area contributed by atoms with Gasteiger partial charge in [-0.25, -0.2) is 22.8 Å². The highest BCUT2D eigenvalue weighted by Crippen LogP contribution is 2.25. The molecule has 4 N–H and O–H groups in total. The lowest BCUT2D eigenvalue weighted by atomic mass is 9.98. The van der Waals surface area contributed by atoms with Gasteiger partial charge in [-0.1, -0.05) is 96.0 Å². The molecule has 0 fully saturated rings. The minimum Gasteiger partial charge on any atom is -0.464 e. The maximum atomic E-state index is 12.2. The average molecular weight is 901 g/mol. The fraction of sp³-hybridized carbons (Fsp3) is 0.378. The van der Waals surface area contributed by atoms with Crippen LogP contribution in [0.1, 0.15) is 66.0 Å². The molecule has 61 heavy (non-hydrogen) atoms. The van der Waals surface area contributed by atoms with Crippen LogP contribution in [0.25, 0.3) is 22.3 Å². The summed E-state index contributed by atoms with van der Waals surface area (Å²) in [6.45, 7) is 12.2. The second-order valence-corrected chi connectivity index (χ2v) is 18.7. The zero-order chi connectivity index (χ0) is 45.5. The number of alkyl carbamates (subject to hydrolysis) is 2. The number of aliphatic hydroxyl groups excluding tert-OH is 1. The van der Waals surface area contributed by atoms with E-state index in [-0.39, 0.29) is 19.4 Å². The molecule has 0 heterocycles. The largest absolute Gasteiger partial charge is 0.464 e. The number of aliphatic hydroxyl groups is 1. The number of esters is 1. The third kappa shape index (κ3) is 19.4. The predicted octanol–water partition coefficient (Wildman–Crippen LogP) is 8.28. The molecule has 0 aliphatic carbocycles. The van der Waals surface area contributed by atoms with Gasteiger partial charge in [-0.3, -0.25) is 9.52 Å². The molecular formula is C45H55Cl2N3O10S. The summed E-state index contributed by atoms with van der Waals surface area (Å²) in [6, 6.07) is 28.6. The number of nitrogens with one attached hydrogen (secondary N) is 3. The van der Waals surface area contributed by atoms with Gasteiger partial charge in [0.25, 0.3) is 0 Å². The van der Waals surface area contributed by atoms with Gasteiger partial charge in [0.05, 0.1) is 18.9 Å². The van der Waals surface area contributed by atoms with E-state index in [1.807, 2.05) is 95.7 Å². The number of hydrogen-bond donors (Lipinski definition) is 4. The highest BCUT2D eigenvalue weighted by atomic mass is 35.5. The molecule has 0 aliphatic rings. The molecule has 0 saturated carbocycles. The number of ether oxygens (including phenoxy) is 3. The minimum absolute atomic E-state index is 0.128. The molecular weight excluding hydrogens is 845 g/mol. The normalized spacial score (nSPS) is 13.0. The van der Waals surface area contributed by atoms with E-state index in [4.69, 9.17) is 37.4 Å². The van der Waals surface area contributed by atoms with Crippen LogP contribution >= 0.6 is 23.2 Å². The third-order valence-electron chi connectivity index (χ3n) is 8.22. The smallest absolute Gasteiger partial charge is 0.407 e. The molecule has 3 atom stereocenters. The van der Waals surface area contributed by atoms with Gasteiger partial charge in [0.15, 0.2) is 6.10 Å². The van der Waals surface area contributed by atoms with E-state index < -0.39 is 63.5 Å². The minimum atomic E-state index is -3.69. The first kappa shape index (κ1) is 50.2. The van der Waals surface area contributed by atoms with Gasteiger partial charge in [-0.15, -0.1) is 0 Å². The molecule has 16 heteroatoms. The molecule has 13 nitrogen and oxygen atoms in total. The number of carbonyl (C=O) groups is 4. The lowest BCUT2D eigenvalue weighted by Gasteiger charge is -2.26. The van der Waals surface area contributed by atoms with Crippen molar-refractivity contribution in [1.82, 2.24) is 15.4 Å². The zero-order valence-corrected chi connectivity index (χ0v) is 37.9. The lowest BCUT2D eigenvalue weighted by molar-refractivity contribution is -0.154. The van der Waals surface area contributed by atoms with Crippen molar-refractivity contribution < 1.29 is 46.9 Å². The van der Waals surface area contributed by atoms with E-state index in [0.717, 1.165) is 39.6 Å². The number of carbonyl (C=O) groups excluding carboxylic acids is 4. The molecule has 0 bridgehead atoms. The van der Waals surface area contributed by atoms with Gasteiger partial charge in [-0.05, 0) is 119 Å². The molecule has 330 valence electrons. The summed E-state index contributed by atoms with van der Waals surface area (Å²) < 4.78 is 40.0. The summed E-state index contributed by atoms with van der Waals surface area (Å²) in [6.07, 6.45) is -1.71. The van der Waals surface area contributed by atoms with E-state index in [2.05, 4.69) is 10.6 Å². The Morgan fingerprint density at radius 2 is 1.11 bits per heavy atom. The first-order chi connectivity index (χ1) is 28.4. The molecule has 4 aromatic rings. The van der Waals surface area contributed by atoms with Crippen LogP contribution in [-0.4, -0.2) is 79.8 Å². The quantitative estimate of drug-likeness (QED) is 0.0709. The molecule has 4 rings (SSSR count). The van der Waals surface area contributed by atoms with Crippen LogP contribution in [0, 0.1) is 0 Å². The van der Waals surface area contributed by atoms with Crippen molar-refractivity contribution in [3.05, 3.63) is 118 Å². The summed E-state index contributed by atoms with van der Waals surface area (Å²) in [5.41, 5.74) is 4.16. The number of amides is 3. The Morgan fingerprint density at radius 1 is 0.672 bits per heavy atom. The Hall–Kier alpha value is -5.15. The Labute approximate surface area is 368 Å². The van der Waals surface area contributed by atoms with Gasteiger partial charge < -0.3 is 30.0 Å². The van der Waals surface area contributed by atoms with Crippen molar-refractivity contribution in [1.29, 1.82) is 0 Å². The molecule has 0 radical (unpaired) electrons.